The second-order valence-corrected chi connectivity index (χ2v) is 10.9. The van der Waals surface area contributed by atoms with Gasteiger partial charge >= 0.3 is 0 Å². The molecule has 0 atom stereocenters. The Morgan fingerprint density at radius 3 is 2.00 bits per heavy atom. The van der Waals surface area contributed by atoms with Gasteiger partial charge in [-0.2, -0.15) is 5.26 Å². The van der Waals surface area contributed by atoms with Gasteiger partial charge in [-0.25, -0.2) is 0 Å². The zero-order valence-electron chi connectivity index (χ0n) is 20.5. The molecule has 31 heavy (non-hydrogen) atoms. The quantitative estimate of drug-likeness (QED) is 0.326. The first-order valence-electron chi connectivity index (χ1n) is 13.7. The zero-order valence-corrected chi connectivity index (χ0v) is 20.5. The van der Waals surface area contributed by atoms with Gasteiger partial charge < -0.3 is 0 Å². The molecule has 0 aliphatic heterocycles. The van der Waals surface area contributed by atoms with Crippen molar-refractivity contribution >= 4 is 0 Å². The number of nitriles is 1. The SMILES string of the molecule is CCCCC[C@H]1CC[C@H](CCc2ccc(C3CCC(C#N)(CCCC)CC3)cc2)CC1. The molecule has 2 aliphatic rings. The molecule has 1 aromatic carbocycles. The van der Waals surface area contributed by atoms with E-state index >= 15 is 0 Å². The first kappa shape index (κ1) is 24.4. The fourth-order valence-electron chi connectivity index (χ4n) is 6.26. The summed E-state index contributed by atoms with van der Waals surface area (Å²) in [5, 5.41) is 9.74. The van der Waals surface area contributed by atoms with Crippen LogP contribution in [-0.2, 0) is 6.42 Å². The lowest BCUT2D eigenvalue weighted by atomic mass is 9.67. The predicted octanol–water partition coefficient (Wildman–Crippen LogP) is 9.36. The molecule has 3 rings (SSSR count). The standard InChI is InChI=1S/C30H47N/c1-3-5-7-8-25-9-11-26(12-10-25)13-14-27-15-17-28(18-16-27)29-19-22-30(24-31,23-20-29)21-6-4-2/h15-18,25-26,29H,3-14,19-23H2,1-2H3/t25-,26-,29?,30?. The van der Waals surface area contributed by atoms with Gasteiger partial charge in [-0.05, 0) is 73.8 Å². The number of benzene rings is 1. The predicted molar refractivity (Wildman–Crippen MR) is 133 cm³/mol. The Morgan fingerprint density at radius 1 is 0.806 bits per heavy atom. The number of aryl methyl sites for hydroxylation is 1. The van der Waals surface area contributed by atoms with E-state index in [9.17, 15) is 5.26 Å². The lowest BCUT2D eigenvalue weighted by Crippen LogP contribution is -2.25. The molecule has 0 N–H and O–H groups in total. The fraction of sp³-hybridized carbons (Fsp3) is 0.767. The van der Waals surface area contributed by atoms with E-state index in [1.54, 1.807) is 0 Å². The van der Waals surface area contributed by atoms with Crippen molar-refractivity contribution in [2.75, 3.05) is 0 Å². The Hall–Kier alpha value is -1.29. The maximum absolute atomic E-state index is 9.74. The van der Waals surface area contributed by atoms with Crippen molar-refractivity contribution in [2.24, 2.45) is 17.3 Å². The summed E-state index contributed by atoms with van der Waals surface area (Å²) in [4.78, 5) is 0. The van der Waals surface area contributed by atoms with Crippen molar-refractivity contribution in [3.05, 3.63) is 35.4 Å². The number of hydrogen-bond acceptors (Lipinski definition) is 1. The zero-order chi connectivity index (χ0) is 21.9. The van der Waals surface area contributed by atoms with Crippen molar-refractivity contribution < 1.29 is 0 Å². The molecular weight excluding hydrogens is 374 g/mol. The minimum atomic E-state index is -0.0263. The highest BCUT2D eigenvalue weighted by Crippen LogP contribution is 2.45. The van der Waals surface area contributed by atoms with Crippen molar-refractivity contribution in [2.45, 2.75) is 129 Å². The average Bonchev–Trinajstić information content (AvgIpc) is 2.83. The Kier molecular flexibility index (Phi) is 9.95. The van der Waals surface area contributed by atoms with Crippen LogP contribution < -0.4 is 0 Å². The molecular formula is C30H47N. The molecule has 0 spiro atoms. The van der Waals surface area contributed by atoms with Gasteiger partial charge in [-0.15, -0.1) is 0 Å². The van der Waals surface area contributed by atoms with Crippen LogP contribution in [0.1, 0.15) is 134 Å². The topological polar surface area (TPSA) is 23.8 Å². The van der Waals surface area contributed by atoms with Crippen LogP contribution in [0.5, 0.6) is 0 Å². The van der Waals surface area contributed by atoms with Gasteiger partial charge in [0.05, 0.1) is 11.5 Å². The van der Waals surface area contributed by atoms with E-state index in [4.69, 9.17) is 0 Å². The molecule has 2 aliphatic carbocycles. The summed E-state index contributed by atoms with van der Waals surface area (Å²) >= 11 is 0. The Bertz CT molecular complexity index is 651. The molecule has 2 fully saturated rings. The molecule has 0 bridgehead atoms. The summed E-state index contributed by atoms with van der Waals surface area (Å²) in [5.41, 5.74) is 3.01. The third kappa shape index (κ3) is 7.37. The van der Waals surface area contributed by atoms with E-state index in [0.717, 1.165) is 31.1 Å². The van der Waals surface area contributed by atoms with Gasteiger partial charge in [-0.1, -0.05) is 102 Å². The van der Waals surface area contributed by atoms with Crippen LogP contribution in [0.25, 0.3) is 0 Å². The second-order valence-electron chi connectivity index (χ2n) is 10.9. The number of nitrogens with zero attached hydrogens (tertiary/aromatic N) is 1. The highest BCUT2D eigenvalue weighted by Gasteiger charge is 2.35. The van der Waals surface area contributed by atoms with E-state index in [1.165, 1.54) is 101 Å². The summed E-state index contributed by atoms with van der Waals surface area (Å²) in [5.74, 6) is 2.65. The highest BCUT2D eigenvalue weighted by atomic mass is 14.4. The van der Waals surface area contributed by atoms with Gasteiger partial charge in [0, 0.05) is 0 Å². The van der Waals surface area contributed by atoms with Crippen molar-refractivity contribution in [3.8, 4) is 6.07 Å². The molecule has 2 saturated carbocycles. The number of hydrogen-bond donors (Lipinski definition) is 0. The molecule has 0 aromatic heterocycles. The first-order chi connectivity index (χ1) is 15.2. The Balaban J connectivity index is 1.39. The molecule has 0 saturated heterocycles. The summed E-state index contributed by atoms with van der Waals surface area (Å²) < 4.78 is 0. The molecule has 1 nitrogen and oxygen atoms in total. The maximum Gasteiger partial charge on any atom is 0.0689 e. The minimum absolute atomic E-state index is 0.0263. The molecule has 1 heteroatoms. The molecule has 1 aromatic rings. The van der Waals surface area contributed by atoms with E-state index in [-0.39, 0.29) is 5.41 Å². The lowest BCUT2D eigenvalue weighted by molar-refractivity contribution is 0.224. The van der Waals surface area contributed by atoms with Crippen LogP contribution >= 0.6 is 0 Å². The maximum atomic E-state index is 9.74. The van der Waals surface area contributed by atoms with Gasteiger partial charge in [0.2, 0.25) is 0 Å². The van der Waals surface area contributed by atoms with Gasteiger partial charge in [-0.3, -0.25) is 0 Å². The van der Waals surface area contributed by atoms with Crippen LogP contribution in [0.2, 0.25) is 0 Å². The third-order valence-corrected chi connectivity index (χ3v) is 8.66. The Morgan fingerprint density at radius 2 is 1.42 bits per heavy atom. The average molecular weight is 422 g/mol. The summed E-state index contributed by atoms with van der Waals surface area (Å²) in [6.45, 7) is 4.55. The largest absolute Gasteiger partial charge is 0.198 e. The van der Waals surface area contributed by atoms with E-state index in [0.29, 0.717) is 5.92 Å². The fourth-order valence-corrected chi connectivity index (χ4v) is 6.26. The smallest absolute Gasteiger partial charge is 0.0689 e. The first-order valence-corrected chi connectivity index (χ1v) is 13.7. The monoisotopic (exact) mass is 421 g/mol. The van der Waals surface area contributed by atoms with Gasteiger partial charge in [0.15, 0.2) is 0 Å². The van der Waals surface area contributed by atoms with Gasteiger partial charge in [0.1, 0.15) is 0 Å². The van der Waals surface area contributed by atoms with Crippen LogP contribution in [0.3, 0.4) is 0 Å². The van der Waals surface area contributed by atoms with Crippen molar-refractivity contribution in [3.63, 3.8) is 0 Å². The minimum Gasteiger partial charge on any atom is -0.198 e. The van der Waals surface area contributed by atoms with Crippen molar-refractivity contribution in [1.82, 2.24) is 0 Å². The lowest BCUT2D eigenvalue weighted by Gasteiger charge is -2.35. The van der Waals surface area contributed by atoms with Gasteiger partial charge in [0.25, 0.3) is 0 Å². The molecule has 172 valence electrons. The van der Waals surface area contributed by atoms with E-state index in [2.05, 4.69) is 44.2 Å². The van der Waals surface area contributed by atoms with E-state index in [1.807, 2.05) is 0 Å². The van der Waals surface area contributed by atoms with Crippen LogP contribution in [0, 0.1) is 28.6 Å². The molecule has 0 amide bonds. The van der Waals surface area contributed by atoms with Crippen molar-refractivity contribution in [1.29, 1.82) is 5.26 Å². The second kappa shape index (κ2) is 12.7. The Labute approximate surface area is 193 Å². The summed E-state index contributed by atoms with van der Waals surface area (Å²) in [7, 11) is 0. The highest BCUT2D eigenvalue weighted by molar-refractivity contribution is 5.26. The van der Waals surface area contributed by atoms with Crippen LogP contribution in [-0.4, -0.2) is 0 Å². The normalized spacial score (nSPS) is 28.9. The molecule has 0 heterocycles. The van der Waals surface area contributed by atoms with Crippen LogP contribution in [0.4, 0.5) is 0 Å². The summed E-state index contributed by atoms with van der Waals surface area (Å²) in [6.07, 6.45) is 22.3. The number of unbranched alkanes of at least 4 members (excludes halogenated alkanes) is 3. The van der Waals surface area contributed by atoms with E-state index < -0.39 is 0 Å². The number of rotatable bonds is 11. The summed E-state index contributed by atoms with van der Waals surface area (Å²) in [6, 6.07) is 12.3. The van der Waals surface area contributed by atoms with Crippen LogP contribution in [0.15, 0.2) is 24.3 Å². The molecule has 0 radical (unpaired) electrons. The molecule has 0 unspecified atom stereocenters. The third-order valence-electron chi connectivity index (χ3n) is 8.66.